The molecule has 2 heteroatoms. The van der Waals surface area contributed by atoms with Crippen LogP contribution in [0.3, 0.4) is 0 Å². The van der Waals surface area contributed by atoms with Gasteiger partial charge in [0.2, 0.25) is 0 Å². The minimum absolute atomic E-state index is 0.685. The molecular weight excluding hydrogens is 234 g/mol. The Kier molecular flexibility index (Phi) is 2.94. The molecule has 0 aliphatic carbocycles. The van der Waals surface area contributed by atoms with Crippen LogP contribution in [-0.4, -0.2) is 0 Å². The largest absolute Gasteiger partial charge is 0.472 e. The molecule has 19 heavy (non-hydrogen) atoms. The first-order chi connectivity index (χ1) is 9.32. The zero-order valence-electron chi connectivity index (χ0n) is 10.5. The lowest BCUT2D eigenvalue weighted by Crippen LogP contribution is -2.38. The Labute approximate surface area is 112 Å². The van der Waals surface area contributed by atoms with Gasteiger partial charge in [0.25, 0.3) is 0 Å². The minimum Gasteiger partial charge on any atom is -0.472 e. The van der Waals surface area contributed by atoms with Crippen molar-refractivity contribution in [2.45, 2.75) is 5.54 Å². The van der Waals surface area contributed by atoms with Gasteiger partial charge in [-0.25, -0.2) is 0 Å². The molecule has 94 valence electrons. The van der Waals surface area contributed by atoms with E-state index in [0.29, 0.717) is 0 Å². The normalized spacial score (nSPS) is 11.4. The third kappa shape index (κ3) is 1.96. The maximum Gasteiger partial charge on any atom is 0.0960 e. The summed E-state index contributed by atoms with van der Waals surface area (Å²) in [5.41, 5.74) is 9.10. The van der Waals surface area contributed by atoms with Crippen LogP contribution in [0.2, 0.25) is 0 Å². The number of furan rings is 1. The molecule has 0 amide bonds. The van der Waals surface area contributed by atoms with Crippen molar-refractivity contribution in [3.05, 3.63) is 95.9 Å². The van der Waals surface area contributed by atoms with Gasteiger partial charge in [-0.2, -0.15) is 0 Å². The zero-order chi connectivity index (χ0) is 13.1. The maximum absolute atomic E-state index is 6.75. The second-order valence-electron chi connectivity index (χ2n) is 4.55. The van der Waals surface area contributed by atoms with Gasteiger partial charge in [0.1, 0.15) is 0 Å². The van der Waals surface area contributed by atoms with Gasteiger partial charge < -0.3 is 10.2 Å². The van der Waals surface area contributed by atoms with Crippen LogP contribution in [0, 0.1) is 0 Å². The van der Waals surface area contributed by atoms with Crippen LogP contribution in [-0.2, 0) is 5.54 Å². The molecule has 3 aromatic rings. The van der Waals surface area contributed by atoms with E-state index in [-0.39, 0.29) is 0 Å². The van der Waals surface area contributed by atoms with Crippen molar-refractivity contribution in [2.75, 3.05) is 0 Å². The fourth-order valence-corrected chi connectivity index (χ4v) is 2.39. The molecule has 0 spiro atoms. The molecule has 3 rings (SSSR count). The van der Waals surface area contributed by atoms with Crippen LogP contribution in [0.25, 0.3) is 0 Å². The van der Waals surface area contributed by atoms with Gasteiger partial charge in [0.05, 0.1) is 18.1 Å². The Morgan fingerprint density at radius 1 is 0.684 bits per heavy atom. The van der Waals surface area contributed by atoms with E-state index in [4.69, 9.17) is 10.2 Å². The lowest BCUT2D eigenvalue weighted by molar-refractivity contribution is 0.551. The molecule has 1 heterocycles. The smallest absolute Gasteiger partial charge is 0.0960 e. The Hall–Kier alpha value is -2.32. The quantitative estimate of drug-likeness (QED) is 0.771. The van der Waals surface area contributed by atoms with E-state index < -0.39 is 5.54 Å². The van der Waals surface area contributed by atoms with Crippen molar-refractivity contribution in [3.63, 3.8) is 0 Å². The highest BCUT2D eigenvalue weighted by Gasteiger charge is 2.32. The van der Waals surface area contributed by atoms with Crippen molar-refractivity contribution in [2.24, 2.45) is 5.73 Å². The first kappa shape index (κ1) is 11.8. The molecule has 1 aromatic heterocycles. The van der Waals surface area contributed by atoms with Crippen molar-refractivity contribution >= 4 is 0 Å². The van der Waals surface area contributed by atoms with E-state index in [9.17, 15) is 0 Å². The molecule has 0 aliphatic rings. The summed E-state index contributed by atoms with van der Waals surface area (Å²) < 4.78 is 5.22. The molecular formula is C17H15NO. The Bertz CT molecular complexity index is 590. The molecule has 0 bridgehead atoms. The molecule has 0 saturated heterocycles. The van der Waals surface area contributed by atoms with Gasteiger partial charge in [0.15, 0.2) is 0 Å². The summed E-state index contributed by atoms with van der Waals surface area (Å²) in [5, 5.41) is 0. The number of nitrogens with two attached hydrogens (primary N) is 1. The summed E-state index contributed by atoms with van der Waals surface area (Å²) in [7, 11) is 0. The molecule has 0 saturated carbocycles. The molecule has 2 N–H and O–H groups in total. The van der Waals surface area contributed by atoms with Crippen molar-refractivity contribution in [3.8, 4) is 0 Å². The molecule has 2 nitrogen and oxygen atoms in total. The van der Waals surface area contributed by atoms with Gasteiger partial charge in [-0.1, -0.05) is 60.7 Å². The molecule has 0 fully saturated rings. The van der Waals surface area contributed by atoms with Crippen LogP contribution in [0.1, 0.15) is 16.7 Å². The summed E-state index contributed by atoms with van der Waals surface area (Å²) in [6, 6.07) is 22.1. The van der Waals surface area contributed by atoms with Gasteiger partial charge in [-0.15, -0.1) is 0 Å². The number of benzene rings is 2. The fourth-order valence-electron chi connectivity index (χ4n) is 2.39. The average molecular weight is 249 g/mol. The average Bonchev–Trinajstić information content (AvgIpc) is 3.03. The monoisotopic (exact) mass is 249 g/mol. The van der Waals surface area contributed by atoms with E-state index in [1.54, 1.807) is 12.5 Å². The molecule has 0 unspecified atom stereocenters. The lowest BCUT2D eigenvalue weighted by atomic mass is 9.79. The van der Waals surface area contributed by atoms with Crippen molar-refractivity contribution in [1.29, 1.82) is 0 Å². The van der Waals surface area contributed by atoms with Gasteiger partial charge >= 0.3 is 0 Å². The second-order valence-corrected chi connectivity index (χ2v) is 4.55. The van der Waals surface area contributed by atoms with Crippen molar-refractivity contribution in [1.82, 2.24) is 0 Å². The predicted octanol–water partition coefficient (Wildman–Crippen LogP) is 3.53. The van der Waals surface area contributed by atoms with Gasteiger partial charge in [0, 0.05) is 5.56 Å². The maximum atomic E-state index is 6.75. The van der Waals surface area contributed by atoms with Crippen LogP contribution in [0.4, 0.5) is 0 Å². The third-order valence-corrected chi connectivity index (χ3v) is 3.43. The number of rotatable bonds is 3. The highest BCUT2D eigenvalue weighted by molar-refractivity contribution is 5.47. The lowest BCUT2D eigenvalue weighted by Gasteiger charge is -2.29. The molecule has 0 atom stereocenters. The van der Waals surface area contributed by atoms with E-state index >= 15 is 0 Å². The summed E-state index contributed by atoms with van der Waals surface area (Å²) in [6.07, 6.45) is 3.36. The molecule has 0 radical (unpaired) electrons. The predicted molar refractivity (Wildman–Crippen MR) is 75.7 cm³/mol. The van der Waals surface area contributed by atoms with E-state index in [0.717, 1.165) is 16.7 Å². The van der Waals surface area contributed by atoms with Crippen molar-refractivity contribution < 1.29 is 4.42 Å². The number of hydrogen-bond acceptors (Lipinski definition) is 2. The van der Waals surface area contributed by atoms with Crippen LogP contribution < -0.4 is 5.73 Å². The first-order valence-corrected chi connectivity index (χ1v) is 6.24. The summed E-state index contributed by atoms with van der Waals surface area (Å²) in [5.74, 6) is 0. The van der Waals surface area contributed by atoms with Gasteiger partial charge in [-0.05, 0) is 17.2 Å². The summed E-state index contributed by atoms with van der Waals surface area (Å²) >= 11 is 0. The standard InChI is InChI=1S/C17H15NO/c18-17(16-11-12-19-13-16,14-7-3-1-4-8-14)15-9-5-2-6-10-15/h1-13H,18H2. The Morgan fingerprint density at radius 2 is 1.21 bits per heavy atom. The van der Waals surface area contributed by atoms with Crippen LogP contribution in [0.15, 0.2) is 83.7 Å². The van der Waals surface area contributed by atoms with Gasteiger partial charge in [-0.3, -0.25) is 0 Å². The highest BCUT2D eigenvalue weighted by atomic mass is 16.3. The first-order valence-electron chi connectivity index (χ1n) is 6.24. The van der Waals surface area contributed by atoms with E-state index in [1.807, 2.05) is 66.7 Å². The van der Waals surface area contributed by atoms with Crippen LogP contribution >= 0.6 is 0 Å². The topological polar surface area (TPSA) is 39.2 Å². The zero-order valence-corrected chi connectivity index (χ0v) is 10.5. The molecule has 2 aromatic carbocycles. The minimum atomic E-state index is -0.685. The third-order valence-electron chi connectivity index (χ3n) is 3.43. The molecule has 0 aliphatic heterocycles. The number of hydrogen-bond donors (Lipinski definition) is 1. The summed E-state index contributed by atoms with van der Waals surface area (Å²) in [6.45, 7) is 0. The summed E-state index contributed by atoms with van der Waals surface area (Å²) in [4.78, 5) is 0. The van der Waals surface area contributed by atoms with E-state index in [2.05, 4.69) is 0 Å². The second kappa shape index (κ2) is 4.75. The van der Waals surface area contributed by atoms with E-state index in [1.165, 1.54) is 0 Å². The fraction of sp³-hybridized carbons (Fsp3) is 0.0588. The SMILES string of the molecule is NC(c1ccccc1)(c1ccccc1)c1ccoc1. The highest BCUT2D eigenvalue weighted by Crippen LogP contribution is 2.34. The Morgan fingerprint density at radius 3 is 1.63 bits per heavy atom. The van der Waals surface area contributed by atoms with Crippen LogP contribution in [0.5, 0.6) is 0 Å². The Balaban J connectivity index is 2.23.